The van der Waals surface area contributed by atoms with E-state index in [4.69, 9.17) is 0 Å². The van der Waals surface area contributed by atoms with Gasteiger partial charge in [0.25, 0.3) is 0 Å². The first-order valence-corrected chi connectivity index (χ1v) is 8.77. The third-order valence-electron chi connectivity index (χ3n) is 4.63. The molecule has 0 fully saturated rings. The molecule has 3 rings (SSSR count). The molecule has 3 aromatic carbocycles. The minimum absolute atomic E-state index is 0.116. The highest BCUT2D eigenvalue weighted by molar-refractivity contribution is 7.19. The van der Waals surface area contributed by atoms with Gasteiger partial charge in [0.05, 0.1) is 0 Å². The maximum Gasteiger partial charge on any atom is 0.147 e. The van der Waals surface area contributed by atoms with Crippen LogP contribution in [0.5, 0.6) is 0 Å². The van der Waals surface area contributed by atoms with E-state index in [2.05, 4.69) is 103 Å². The Bertz CT molecular complexity index is 670. The zero-order valence-corrected chi connectivity index (χ0v) is 15.5. The summed E-state index contributed by atoms with van der Waals surface area (Å²) in [5, 5.41) is -0.116. The van der Waals surface area contributed by atoms with Crippen LogP contribution in [0.1, 0.15) is 33.4 Å². The van der Waals surface area contributed by atoms with E-state index >= 15 is 0 Å². The Morgan fingerprint density at radius 3 is 0.913 bits per heavy atom. The summed E-state index contributed by atoms with van der Waals surface area (Å²) in [4.78, 5) is 0. The van der Waals surface area contributed by atoms with Crippen molar-refractivity contribution in [3.63, 3.8) is 0 Å². The molecule has 0 nitrogen and oxygen atoms in total. The molecule has 0 spiro atoms. The van der Waals surface area contributed by atoms with Crippen LogP contribution in [-0.2, 0) is 5.16 Å². The molecule has 116 valence electrons. The number of aryl methyl sites for hydroxylation is 3. The van der Waals surface area contributed by atoms with Crippen molar-refractivity contribution in [2.24, 2.45) is 0 Å². The number of hydrogen-bond donors (Lipinski definition) is 0. The maximum atomic E-state index is 2.27. The molecular formula is C22H24P+. The fourth-order valence-corrected chi connectivity index (χ4v) is 3.72. The lowest BCUT2D eigenvalue weighted by molar-refractivity contribution is 0.894. The third kappa shape index (κ3) is 3.09. The summed E-state index contributed by atoms with van der Waals surface area (Å²) in [5.41, 5.74) is 7.92. The first kappa shape index (κ1) is 16.0. The average molecular weight is 319 g/mol. The average Bonchev–Trinajstić information content (AvgIpc) is 2.56. The van der Waals surface area contributed by atoms with Gasteiger partial charge in [-0.1, -0.05) is 89.5 Å². The Morgan fingerprint density at radius 2 is 0.696 bits per heavy atom. The maximum absolute atomic E-state index is 2.27. The van der Waals surface area contributed by atoms with Crippen LogP contribution in [0, 0.1) is 20.8 Å². The molecule has 0 bridgehead atoms. The molecule has 1 unspecified atom stereocenters. The van der Waals surface area contributed by atoms with Crippen molar-refractivity contribution in [2.45, 2.75) is 25.9 Å². The molecule has 0 aliphatic rings. The van der Waals surface area contributed by atoms with Crippen LogP contribution in [0.15, 0.2) is 72.8 Å². The second-order valence-corrected chi connectivity index (χ2v) is 7.56. The summed E-state index contributed by atoms with van der Waals surface area (Å²) in [5.74, 6) is 0. The van der Waals surface area contributed by atoms with E-state index < -0.39 is 0 Å². The van der Waals surface area contributed by atoms with E-state index in [-0.39, 0.29) is 5.16 Å². The minimum Gasteiger partial charge on any atom is -0.0589 e. The van der Waals surface area contributed by atoms with Gasteiger partial charge in [-0.3, -0.25) is 0 Å². The summed E-state index contributed by atoms with van der Waals surface area (Å²) in [6.07, 6.45) is 0. The molecular weight excluding hydrogens is 295 g/mol. The van der Waals surface area contributed by atoms with Gasteiger partial charge in [-0.15, -0.1) is 0 Å². The van der Waals surface area contributed by atoms with E-state index in [0.29, 0.717) is 0 Å². The van der Waals surface area contributed by atoms with Crippen LogP contribution in [0.2, 0.25) is 0 Å². The van der Waals surface area contributed by atoms with E-state index in [9.17, 15) is 0 Å². The van der Waals surface area contributed by atoms with Gasteiger partial charge < -0.3 is 0 Å². The quantitative estimate of drug-likeness (QED) is 0.441. The van der Waals surface area contributed by atoms with Crippen molar-refractivity contribution in [2.75, 3.05) is 0 Å². The third-order valence-corrected chi connectivity index (χ3v) is 5.86. The molecule has 0 heterocycles. The van der Waals surface area contributed by atoms with Gasteiger partial charge in [-0.25, -0.2) is 0 Å². The van der Waals surface area contributed by atoms with Crippen LogP contribution < -0.4 is 0 Å². The van der Waals surface area contributed by atoms with Crippen molar-refractivity contribution in [1.29, 1.82) is 0 Å². The Balaban J connectivity index is 2.21. The smallest absolute Gasteiger partial charge is 0.0589 e. The molecule has 0 N–H and O–H groups in total. The molecule has 0 aromatic heterocycles. The molecule has 0 radical (unpaired) electrons. The minimum atomic E-state index is -0.116. The van der Waals surface area contributed by atoms with Crippen molar-refractivity contribution >= 4 is 9.24 Å². The molecule has 0 amide bonds. The Kier molecular flexibility index (Phi) is 4.37. The Morgan fingerprint density at radius 1 is 0.478 bits per heavy atom. The highest BCUT2D eigenvalue weighted by atomic mass is 31.0. The first-order chi connectivity index (χ1) is 11.0. The van der Waals surface area contributed by atoms with Gasteiger partial charge in [0, 0.05) is 16.7 Å². The standard InChI is InChI=1S/C22H23P/c1-16-4-10-19(11-5-16)22(23,20-12-6-17(2)7-13-20)21-14-8-18(3)9-15-21/h4-15H,23H2,1-3H3/p+1. The molecule has 3 aromatic rings. The van der Waals surface area contributed by atoms with Crippen molar-refractivity contribution < 1.29 is 0 Å². The Hall–Kier alpha value is -1.91. The predicted octanol–water partition coefficient (Wildman–Crippen LogP) is 5.51. The lowest BCUT2D eigenvalue weighted by atomic mass is 9.83. The summed E-state index contributed by atoms with van der Waals surface area (Å²) in [6, 6.07) is 26.8. The van der Waals surface area contributed by atoms with Gasteiger partial charge >= 0.3 is 0 Å². The van der Waals surface area contributed by atoms with Crippen LogP contribution in [-0.4, -0.2) is 0 Å². The van der Waals surface area contributed by atoms with Crippen LogP contribution in [0.3, 0.4) is 0 Å². The van der Waals surface area contributed by atoms with Gasteiger partial charge in [-0.05, 0) is 30.0 Å². The second-order valence-electron chi connectivity index (χ2n) is 6.50. The largest absolute Gasteiger partial charge is 0.147 e. The predicted molar refractivity (Wildman–Crippen MR) is 105 cm³/mol. The number of benzene rings is 3. The molecule has 23 heavy (non-hydrogen) atoms. The highest BCUT2D eigenvalue weighted by Gasteiger charge is 2.36. The zero-order chi connectivity index (χ0) is 16.4. The molecule has 1 heteroatoms. The topological polar surface area (TPSA) is 0 Å². The van der Waals surface area contributed by atoms with E-state index in [0.717, 1.165) is 0 Å². The molecule has 1 atom stereocenters. The second kappa shape index (κ2) is 6.30. The fraction of sp³-hybridized carbons (Fsp3) is 0.182. The highest BCUT2D eigenvalue weighted by Crippen LogP contribution is 2.45. The summed E-state index contributed by atoms with van der Waals surface area (Å²) >= 11 is 0. The van der Waals surface area contributed by atoms with Crippen LogP contribution >= 0.6 is 9.24 Å². The van der Waals surface area contributed by atoms with E-state index in [1.807, 2.05) is 0 Å². The lowest BCUT2D eigenvalue weighted by Crippen LogP contribution is -2.21. The van der Waals surface area contributed by atoms with E-state index in [1.54, 1.807) is 0 Å². The molecule has 0 saturated carbocycles. The van der Waals surface area contributed by atoms with Crippen LogP contribution in [0.25, 0.3) is 0 Å². The van der Waals surface area contributed by atoms with Gasteiger partial charge in [0.2, 0.25) is 0 Å². The Labute approximate surface area is 141 Å². The normalized spacial score (nSPS) is 11.6. The first-order valence-electron chi connectivity index (χ1n) is 8.07. The van der Waals surface area contributed by atoms with Gasteiger partial charge in [0.1, 0.15) is 5.16 Å². The summed E-state index contributed by atoms with van der Waals surface area (Å²) < 4.78 is 0. The van der Waals surface area contributed by atoms with Gasteiger partial charge in [0.15, 0.2) is 0 Å². The van der Waals surface area contributed by atoms with Crippen molar-refractivity contribution in [1.82, 2.24) is 0 Å². The van der Waals surface area contributed by atoms with Crippen molar-refractivity contribution in [3.8, 4) is 0 Å². The van der Waals surface area contributed by atoms with Gasteiger partial charge in [-0.2, -0.15) is 0 Å². The molecule has 0 saturated heterocycles. The SMILES string of the molecule is Cc1ccc(C([PH3+])(c2ccc(C)cc2)c2ccc(C)cc2)cc1. The van der Waals surface area contributed by atoms with E-state index in [1.165, 1.54) is 33.4 Å². The van der Waals surface area contributed by atoms with Crippen molar-refractivity contribution in [3.05, 3.63) is 106 Å². The number of rotatable bonds is 3. The summed E-state index contributed by atoms with van der Waals surface area (Å²) in [6.45, 7) is 6.42. The van der Waals surface area contributed by atoms with Crippen LogP contribution in [0.4, 0.5) is 0 Å². The zero-order valence-electron chi connectivity index (χ0n) is 14.1. The lowest BCUT2D eigenvalue weighted by Gasteiger charge is -2.27. The fourth-order valence-electron chi connectivity index (χ4n) is 3.01. The molecule has 0 aliphatic heterocycles. The molecule has 0 aliphatic carbocycles. The summed E-state index contributed by atoms with van der Waals surface area (Å²) in [7, 11) is 2.07. The number of hydrogen-bond acceptors (Lipinski definition) is 0. The monoisotopic (exact) mass is 319 g/mol.